The largest absolute Gasteiger partial charge is 0.573 e. The Labute approximate surface area is 181 Å². The van der Waals surface area contributed by atoms with Crippen LogP contribution in [-0.2, 0) is 16.6 Å². The number of hydrogen-bond acceptors (Lipinski definition) is 6. The third-order valence-corrected chi connectivity index (χ3v) is 6.40. The molecule has 0 aliphatic rings. The normalized spacial score (nSPS) is 12.4. The van der Waals surface area contributed by atoms with Gasteiger partial charge in [-0.05, 0) is 47.2 Å². The number of aromatic nitrogens is 2. The van der Waals surface area contributed by atoms with Crippen LogP contribution in [0.1, 0.15) is 5.89 Å². The summed E-state index contributed by atoms with van der Waals surface area (Å²) in [6, 6.07) is 17.2. The molecule has 0 unspecified atom stereocenters. The average molecular weight is 463 g/mol. The van der Waals surface area contributed by atoms with Crippen LogP contribution in [0.3, 0.4) is 0 Å². The second kappa shape index (κ2) is 8.24. The van der Waals surface area contributed by atoms with Crippen molar-refractivity contribution in [3.63, 3.8) is 0 Å². The van der Waals surface area contributed by atoms with Gasteiger partial charge in [0, 0.05) is 12.6 Å². The fraction of sp³-hybridized carbons (Fsp3) is 0.143. The van der Waals surface area contributed by atoms with Gasteiger partial charge >= 0.3 is 6.36 Å². The second-order valence-corrected chi connectivity index (χ2v) is 8.90. The van der Waals surface area contributed by atoms with Gasteiger partial charge in [-0.3, -0.25) is 0 Å². The number of ether oxygens (including phenoxy) is 1. The summed E-state index contributed by atoms with van der Waals surface area (Å²) in [5, 5.41) is 5.48. The molecule has 1 heterocycles. The predicted molar refractivity (Wildman–Crippen MR) is 109 cm³/mol. The van der Waals surface area contributed by atoms with E-state index in [-0.39, 0.29) is 28.9 Å². The minimum atomic E-state index is -4.79. The Morgan fingerprint density at radius 2 is 1.69 bits per heavy atom. The molecule has 4 aromatic rings. The lowest BCUT2D eigenvalue weighted by Crippen LogP contribution is -2.26. The number of hydrogen-bond donors (Lipinski definition) is 0. The van der Waals surface area contributed by atoms with E-state index in [1.807, 2.05) is 24.3 Å². The number of benzene rings is 3. The molecule has 0 radical (unpaired) electrons. The molecule has 0 aliphatic heterocycles. The van der Waals surface area contributed by atoms with Gasteiger partial charge in [-0.25, -0.2) is 8.42 Å². The van der Waals surface area contributed by atoms with Crippen LogP contribution in [0.5, 0.6) is 5.75 Å². The second-order valence-electron chi connectivity index (χ2n) is 6.85. The van der Waals surface area contributed by atoms with E-state index in [2.05, 4.69) is 14.9 Å². The van der Waals surface area contributed by atoms with Crippen LogP contribution in [0, 0.1) is 0 Å². The van der Waals surface area contributed by atoms with E-state index in [1.165, 1.54) is 25.2 Å². The molecule has 0 N–H and O–H groups in total. The zero-order valence-electron chi connectivity index (χ0n) is 16.6. The maximum Gasteiger partial charge on any atom is 0.573 e. The maximum atomic E-state index is 12.9. The highest BCUT2D eigenvalue weighted by Gasteiger charge is 2.31. The first-order valence-corrected chi connectivity index (χ1v) is 10.7. The summed E-state index contributed by atoms with van der Waals surface area (Å²) in [5.74, 6) is -0.247. The number of rotatable bonds is 6. The molecule has 0 spiro atoms. The molecule has 0 atom stereocenters. The van der Waals surface area contributed by atoms with E-state index in [1.54, 1.807) is 12.1 Å². The Morgan fingerprint density at radius 3 is 2.38 bits per heavy atom. The van der Waals surface area contributed by atoms with Gasteiger partial charge in [0.2, 0.25) is 21.7 Å². The molecule has 1 aromatic heterocycles. The standard InChI is InChI=1S/C21H16F3N3O4S/c1-27(32(28,29)18-11-8-14-4-2-3-5-16(14)12-18)13-19-25-20(26-31-19)15-6-9-17(10-7-15)30-21(22,23)24/h2-12H,13H2,1H3. The molecule has 32 heavy (non-hydrogen) atoms. The highest BCUT2D eigenvalue weighted by Crippen LogP contribution is 2.26. The van der Waals surface area contributed by atoms with Crippen LogP contribution in [0.2, 0.25) is 0 Å². The monoisotopic (exact) mass is 463 g/mol. The smallest absolute Gasteiger partial charge is 0.406 e. The summed E-state index contributed by atoms with van der Waals surface area (Å²) in [5.41, 5.74) is 0.384. The van der Waals surface area contributed by atoms with Gasteiger partial charge < -0.3 is 9.26 Å². The molecule has 0 saturated heterocycles. The van der Waals surface area contributed by atoms with Crippen LogP contribution in [0.4, 0.5) is 13.2 Å². The number of halogens is 3. The Bertz CT molecular complexity index is 1350. The number of sulfonamides is 1. The lowest BCUT2D eigenvalue weighted by molar-refractivity contribution is -0.274. The molecule has 4 rings (SSSR count). The molecular weight excluding hydrogens is 447 g/mol. The first kappa shape index (κ1) is 21.8. The van der Waals surface area contributed by atoms with Gasteiger partial charge in [0.05, 0.1) is 11.4 Å². The van der Waals surface area contributed by atoms with Crippen molar-refractivity contribution < 1.29 is 30.8 Å². The van der Waals surface area contributed by atoms with Gasteiger partial charge in [-0.1, -0.05) is 35.5 Å². The summed E-state index contributed by atoms with van der Waals surface area (Å²) in [6.45, 7) is -0.183. The quantitative estimate of drug-likeness (QED) is 0.415. The Hall–Kier alpha value is -3.44. The maximum absolute atomic E-state index is 12.9. The van der Waals surface area contributed by atoms with E-state index >= 15 is 0 Å². The number of fused-ring (bicyclic) bond motifs is 1. The van der Waals surface area contributed by atoms with Crippen LogP contribution in [0.25, 0.3) is 22.2 Å². The molecule has 0 aliphatic carbocycles. The zero-order chi connectivity index (χ0) is 22.9. The van der Waals surface area contributed by atoms with Crippen molar-refractivity contribution >= 4 is 20.8 Å². The molecule has 0 saturated carbocycles. The average Bonchev–Trinajstić information content (AvgIpc) is 3.21. The highest BCUT2D eigenvalue weighted by molar-refractivity contribution is 7.89. The predicted octanol–water partition coefficient (Wildman–Crippen LogP) is 4.61. The summed E-state index contributed by atoms with van der Waals surface area (Å²) in [4.78, 5) is 4.26. The Morgan fingerprint density at radius 1 is 1.00 bits per heavy atom. The van der Waals surface area contributed by atoms with E-state index < -0.39 is 16.4 Å². The lowest BCUT2D eigenvalue weighted by Gasteiger charge is -2.15. The summed E-state index contributed by atoms with van der Waals surface area (Å²) in [6.07, 6.45) is -4.79. The molecule has 3 aromatic carbocycles. The van der Waals surface area contributed by atoms with Gasteiger partial charge in [-0.15, -0.1) is 13.2 Å². The van der Waals surface area contributed by atoms with Gasteiger partial charge in [0.1, 0.15) is 5.75 Å². The van der Waals surface area contributed by atoms with Crippen LogP contribution in [-0.4, -0.2) is 36.3 Å². The van der Waals surface area contributed by atoms with Crippen molar-refractivity contribution in [2.45, 2.75) is 17.8 Å². The Balaban J connectivity index is 1.49. The first-order valence-electron chi connectivity index (χ1n) is 9.26. The van der Waals surface area contributed by atoms with Crippen molar-refractivity contribution in [3.8, 4) is 17.1 Å². The molecule has 7 nitrogen and oxygen atoms in total. The van der Waals surface area contributed by atoms with Crippen LogP contribution >= 0.6 is 0 Å². The third kappa shape index (κ3) is 4.73. The van der Waals surface area contributed by atoms with E-state index in [0.29, 0.717) is 5.56 Å². The molecular formula is C21H16F3N3O4S. The van der Waals surface area contributed by atoms with Gasteiger partial charge in [0.25, 0.3) is 0 Å². The zero-order valence-corrected chi connectivity index (χ0v) is 17.4. The molecule has 11 heteroatoms. The van der Waals surface area contributed by atoms with Crippen molar-refractivity contribution in [2.24, 2.45) is 0 Å². The van der Waals surface area contributed by atoms with Gasteiger partial charge in [0.15, 0.2) is 0 Å². The molecule has 166 valence electrons. The van der Waals surface area contributed by atoms with Crippen LogP contribution in [0.15, 0.2) is 76.1 Å². The van der Waals surface area contributed by atoms with E-state index in [0.717, 1.165) is 27.2 Å². The summed E-state index contributed by atoms with van der Waals surface area (Å²) in [7, 11) is -2.44. The van der Waals surface area contributed by atoms with Crippen LogP contribution < -0.4 is 4.74 Å². The number of nitrogens with zero attached hydrogens (tertiary/aromatic N) is 3. The third-order valence-electron chi connectivity index (χ3n) is 4.60. The van der Waals surface area contributed by atoms with Crippen molar-refractivity contribution in [3.05, 3.63) is 72.6 Å². The Kier molecular flexibility index (Phi) is 5.61. The van der Waals surface area contributed by atoms with E-state index in [9.17, 15) is 21.6 Å². The fourth-order valence-corrected chi connectivity index (χ4v) is 4.18. The molecule has 0 amide bonds. The topological polar surface area (TPSA) is 85.5 Å². The molecule has 0 fully saturated rings. The van der Waals surface area contributed by atoms with E-state index in [4.69, 9.17) is 4.52 Å². The highest BCUT2D eigenvalue weighted by atomic mass is 32.2. The SMILES string of the molecule is CN(Cc1nc(-c2ccc(OC(F)(F)F)cc2)no1)S(=O)(=O)c1ccc2ccccc2c1. The van der Waals surface area contributed by atoms with Gasteiger partial charge in [-0.2, -0.15) is 9.29 Å². The summed E-state index contributed by atoms with van der Waals surface area (Å²) < 4.78 is 72.7. The first-order chi connectivity index (χ1) is 15.1. The fourth-order valence-electron chi connectivity index (χ4n) is 3.03. The summed E-state index contributed by atoms with van der Waals surface area (Å²) >= 11 is 0. The lowest BCUT2D eigenvalue weighted by atomic mass is 10.1. The van der Waals surface area contributed by atoms with Crippen molar-refractivity contribution in [2.75, 3.05) is 7.05 Å². The van der Waals surface area contributed by atoms with Crippen molar-refractivity contribution in [1.82, 2.24) is 14.4 Å². The van der Waals surface area contributed by atoms with Crippen molar-refractivity contribution in [1.29, 1.82) is 0 Å². The minimum absolute atomic E-state index is 0.0301. The number of alkyl halides is 3. The minimum Gasteiger partial charge on any atom is -0.406 e. The molecule has 0 bridgehead atoms.